The van der Waals surface area contributed by atoms with Gasteiger partial charge in [-0.15, -0.1) is 0 Å². The Morgan fingerprint density at radius 2 is 2.00 bits per heavy atom. The molecular formula is C15H19NO4. The molecule has 1 aliphatic carbocycles. The van der Waals surface area contributed by atoms with Gasteiger partial charge < -0.3 is 15.2 Å². The van der Waals surface area contributed by atoms with Gasteiger partial charge in [0.15, 0.2) is 6.10 Å². The van der Waals surface area contributed by atoms with E-state index in [1.54, 1.807) is 0 Å². The SMILES string of the molecule is CCOC(C(=O)NCC1(C(=O)O)CC1)c1ccccc1. The molecule has 0 aromatic heterocycles. The summed E-state index contributed by atoms with van der Waals surface area (Å²) in [7, 11) is 0. The maximum Gasteiger partial charge on any atom is 0.311 e. The molecule has 1 saturated carbocycles. The van der Waals surface area contributed by atoms with Crippen LogP contribution in [0.2, 0.25) is 0 Å². The summed E-state index contributed by atoms with van der Waals surface area (Å²) in [6, 6.07) is 9.20. The van der Waals surface area contributed by atoms with Crippen LogP contribution in [0, 0.1) is 5.41 Å². The number of benzene rings is 1. The molecule has 2 rings (SSSR count). The number of nitrogens with one attached hydrogen (secondary N) is 1. The Morgan fingerprint density at radius 3 is 2.50 bits per heavy atom. The molecule has 0 spiro atoms. The van der Waals surface area contributed by atoms with E-state index in [1.807, 2.05) is 37.3 Å². The van der Waals surface area contributed by atoms with Crippen LogP contribution in [-0.2, 0) is 14.3 Å². The van der Waals surface area contributed by atoms with Crippen molar-refractivity contribution in [3.8, 4) is 0 Å². The highest BCUT2D eigenvalue weighted by Gasteiger charge is 2.50. The third kappa shape index (κ3) is 3.17. The molecular weight excluding hydrogens is 258 g/mol. The van der Waals surface area contributed by atoms with Crippen LogP contribution in [0.3, 0.4) is 0 Å². The third-order valence-electron chi connectivity index (χ3n) is 3.58. The second-order valence-electron chi connectivity index (χ2n) is 5.05. The zero-order chi connectivity index (χ0) is 14.6. The molecule has 1 fully saturated rings. The van der Waals surface area contributed by atoms with Gasteiger partial charge in [0.1, 0.15) is 0 Å². The van der Waals surface area contributed by atoms with E-state index >= 15 is 0 Å². The van der Waals surface area contributed by atoms with Crippen molar-refractivity contribution in [3.63, 3.8) is 0 Å². The van der Waals surface area contributed by atoms with E-state index in [9.17, 15) is 9.59 Å². The molecule has 1 aromatic rings. The van der Waals surface area contributed by atoms with Crippen LogP contribution in [0.5, 0.6) is 0 Å². The molecule has 108 valence electrons. The number of hydrogen-bond acceptors (Lipinski definition) is 3. The summed E-state index contributed by atoms with van der Waals surface area (Å²) < 4.78 is 5.48. The first kappa shape index (κ1) is 14.5. The largest absolute Gasteiger partial charge is 0.481 e. The Morgan fingerprint density at radius 1 is 1.35 bits per heavy atom. The smallest absolute Gasteiger partial charge is 0.311 e. The predicted molar refractivity (Wildman–Crippen MR) is 73.1 cm³/mol. The lowest BCUT2D eigenvalue weighted by molar-refractivity contribution is -0.143. The molecule has 5 nitrogen and oxygen atoms in total. The van der Waals surface area contributed by atoms with Crippen molar-refractivity contribution in [2.45, 2.75) is 25.9 Å². The van der Waals surface area contributed by atoms with Gasteiger partial charge in [-0.2, -0.15) is 0 Å². The Kier molecular flexibility index (Phi) is 4.39. The van der Waals surface area contributed by atoms with E-state index < -0.39 is 17.5 Å². The van der Waals surface area contributed by atoms with Gasteiger partial charge in [0.25, 0.3) is 5.91 Å². The van der Waals surface area contributed by atoms with Crippen LogP contribution in [0.25, 0.3) is 0 Å². The lowest BCUT2D eigenvalue weighted by Crippen LogP contribution is -2.37. The van der Waals surface area contributed by atoms with Crippen LogP contribution in [-0.4, -0.2) is 30.1 Å². The lowest BCUT2D eigenvalue weighted by atomic mass is 10.1. The maximum atomic E-state index is 12.2. The fraction of sp³-hybridized carbons (Fsp3) is 0.467. The Bertz CT molecular complexity index is 482. The summed E-state index contributed by atoms with van der Waals surface area (Å²) in [6.07, 6.45) is 0.548. The molecule has 20 heavy (non-hydrogen) atoms. The zero-order valence-corrected chi connectivity index (χ0v) is 11.5. The topological polar surface area (TPSA) is 75.6 Å². The number of carboxylic acid groups (broad SMARTS) is 1. The second-order valence-corrected chi connectivity index (χ2v) is 5.05. The molecule has 1 unspecified atom stereocenters. The van der Waals surface area contributed by atoms with Crippen molar-refractivity contribution in [2.24, 2.45) is 5.41 Å². The van der Waals surface area contributed by atoms with Crippen LogP contribution < -0.4 is 5.32 Å². The molecule has 0 heterocycles. The minimum atomic E-state index is -0.842. The number of carboxylic acids is 1. The van der Waals surface area contributed by atoms with E-state index in [2.05, 4.69) is 5.32 Å². The van der Waals surface area contributed by atoms with E-state index in [0.717, 1.165) is 5.56 Å². The average molecular weight is 277 g/mol. The van der Waals surface area contributed by atoms with Crippen LogP contribution >= 0.6 is 0 Å². The summed E-state index contributed by atoms with van der Waals surface area (Å²) in [6.45, 7) is 2.40. The fourth-order valence-corrected chi connectivity index (χ4v) is 2.08. The number of amides is 1. The third-order valence-corrected chi connectivity index (χ3v) is 3.58. The van der Waals surface area contributed by atoms with Gasteiger partial charge in [-0.1, -0.05) is 30.3 Å². The standard InChI is InChI=1S/C15H19NO4/c1-2-20-12(11-6-4-3-5-7-11)13(17)16-10-15(8-9-15)14(18)19/h3-7,12H,2,8-10H2,1H3,(H,16,17)(H,18,19). The van der Waals surface area contributed by atoms with Crippen molar-refractivity contribution >= 4 is 11.9 Å². The van der Waals surface area contributed by atoms with Crippen molar-refractivity contribution in [1.82, 2.24) is 5.32 Å². The number of hydrogen-bond donors (Lipinski definition) is 2. The van der Waals surface area contributed by atoms with Crippen LogP contribution in [0.1, 0.15) is 31.4 Å². The molecule has 1 atom stereocenters. The molecule has 0 aliphatic heterocycles. The molecule has 0 saturated heterocycles. The quantitative estimate of drug-likeness (QED) is 0.796. The van der Waals surface area contributed by atoms with E-state index in [-0.39, 0.29) is 12.5 Å². The first-order chi connectivity index (χ1) is 9.59. The van der Waals surface area contributed by atoms with Gasteiger partial charge in [-0.3, -0.25) is 9.59 Å². The summed E-state index contributed by atoms with van der Waals surface area (Å²) in [5.74, 6) is -1.13. The first-order valence-electron chi connectivity index (χ1n) is 6.77. The number of ether oxygens (including phenoxy) is 1. The normalized spacial score (nSPS) is 17.2. The molecule has 1 aliphatic rings. The Balaban J connectivity index is 1.99. The predicted octanol–water partition coefficient (Wildman–Crippen LogP) is 1.75. The van der Waals surface area contributed by atoms with Gasteiger partial charge in [0, 0.05) is 13.2 Å². The number of carbonyl (C=O) groups excluding carboxylic acids is 1. The van der Waals surface area contributed by atoms with Crippen LogP contribution in [0.4, 0.5) is 0 Å². The van der Waals surface area contributed by atoms with Gasteiger partial charge in [-0.05, 0) is 25.3 Å². The highest BCUT2D eigenvalue weighted by Crippen LogP contribution is 2.45. The van der Waals surface area contributed by atoms with E-state index in [0.29, 0.717) is 19.4 Å². The number of rotatable bonds is 7. The molecule has 0 radical (unpaired) electrons. The molecule has 1 amide bonds. The Labute approximate surface area is 117 Å². The number of aliphatic carboxylic acids is 1. The van der Waals surface area contributed by atoms with Gasteiger partial charge in [0.2, 0.25) is 0 Å². The van der Waals surface area contributed by atoms with E-state index in [4.69, 9.17) is 9.84 Å². The van der Waals surface area contributed by atoms with E-state index in [1.165, 1.54) is 0 Å². The maximum absolute atomic E-state index is 12.2. The van der Waals surface area contributed by atoms with Gasteiger partial charge >= 0.3 is 5.97 Å². The van der Waals surface area contributed by atoms with Gasteiger partial charge in [-0.25, -0.2) is 0 Å². The highest BCUT2D eigenvalue weighted by molar-refractivity contribution is 5.84. The second kappa shape index (κ2) is 6.05. The summed E-state index contributed by atoms with van der Waals surface area (Å²) in [4.78, 5) is 23.3. The van der Waals surface area contributed by atoms with Crippen LogP contribution in [0.15, 0.2) is 30.3 Å². The summed E-state index contributed by atoms with van der Waals surface area (Å²) in [5, 5.41) is 11.8. The zero-order valence-electron chi connectivity index (χ0n) is 11.5. The first-order valence-corrected chi connectivity index (χ1v) is 6.77. The van der Waals surface area contributed by atoms with Crippen molar-refractivity contribution in [1.29, 1.82) is 0 Å². The fourth-order valence-electron chi connectivity index (χ4n) is 2.08. The lowest BCUT2D eigenvalue weighted by Gasteiger charge is -2.18. The van der Waals surface area contributed by atoms with Crippen molar-refractivity contribution < 1.29 is 19.4 Å². The highest BCUT2D eigenvalue weighted by atomic mass is 16.5. The average Bonchev–Trinajstić information content (AvgIpc) is 3.24. The molecule has 5 heteroatoms. The summed E-state index contributed by atoms with van der Waals surface area (Å²) in [5.41, 5.74) is 0.00959. The Hall–Kier alpha value is -1.88. The minimum absolute atomic E-state index is 0.164. The van der Waals surface area contributed by atoms with Gasteiger partial charge in [0.05, 0.1) is 5.41 Å². The molecule has 0 bridgehead atoms. The number of carbonyl (C=O) groups is 2. The monoisotopic (exact) mass is 277 g/mol. The molecule has 2 N–H and O–H groups in total. The minimum Gasteiger partial charge on any atom is -0.481 e. The molecule has 1 aromatic carbocycles. The van der Waals surface area contributed by atoms with Crippen molar-refractivity contribution in [3.05, 3.63) is 35.9 Å². The van der Waals surface area contributed by atoms with Crippen molar-refractivity contribution in [2.75, 3.05) is 13.2 Å². The summed E-state index contributed by atoms with van der Waals surface area (Å²) >= 11 is 0.